The highest BCUT2D eigenvalue weighted by Gasteiger charge is 2.31. The zero-order chi connectivity index (χ0) is 30.5. The van der Waals surface area contributed by atoms with Gasteiger partial charge in [-0.1, -0.05) is 56.3 Å². The normalized spacial score (nSPS) is 13.9. The van der Waals surface area contributed by atoms with E-state index in [-0.39, 0.29) is 30.9 Å². The molecular formula is C29H38N4O8. The van der Waals surface area contributed by atoms with Crippen LogP contribution < -0.4 is 21.7 Å². The molecule has 12 heteroatoms. The van der Waals surface area contributed by atoms with Gasteiger partial charge in [-0.2, -0.15) is 0 Å². The van der Waals surface area contributed by atoms with Crippen LogP contribution in [0.4, 0.5) is 0 Å². The highest BCUT2D eigenvalue weighted by molar-refractivity contribution is 5.94. The molecule has 0 saturated carbocycles. The Morgan fingerprint density at radius 1 is 0.732 bits per heavy atom. The highest BCUT2D eigenvalue weighted by Crippen LogP contribution is 2.13. The largest absolute Gasteiger partial charge is 0.508 e. The maximum absolute atomic E-state index is 13.4. The second-order valence-electron chi connectivity index (χ2n) is 10.3. The predicted molar refractivity (Wildman–Crippen MR) is 150 cm³/mol. The summed E-state index contributed by atoms with van der Waals surface area (Å²) in [6.45, 7) is 3.78. The maximum atomic E-state index is 13.4. The molecule has 0 aliphatic carbocycles. The number of carbonyl (C=O) groups is 5. The monoisotopic (exact) mass is 570 g/mol. The van der Waals surface area contributed by atoms with E-state index in [2.05, 4.69) is 16.0 Å². The van der Waals surface area contributed by atoms with E-state index in [1.54, 1.807) is 42.5 Å². The van der Waals surface area contributed by atoms with Gasteiger partial charge >= 0.3 is 11.9 Å². The fourth-order valence-corrected chi connectivity index (χ4v) is 4.10. The number of carboxylic acids is 2. The Hall–Kier alpha value is -4.45. The lowest BCUT2D eigenvalue weighted by molar-refractivity contribution is -0.143. The molecule has 0 aliphatic heterocycles. The van der Waals surface area contributed by atoms with Crippen LogP contribution in [-0.4, -0.2) is 69.1 Å². The molecule has 0 radical (unpaired) electrons. The molecule has 8 N–H and O–H groups in total. The van der Waals surface area contributed by atoms with Crippen molar-refractivity contribution < 1.29 is 39.3 Å². The Labute approximate surface area is 238 Å². The van der Waals surface area contributed by atoms with Gasteiger partial charge in [-0.3, -0.25) is 19.2 Å². The van der Waals surface area contributed by atoms with Crippen molar-refractivity contribution in [3.05, 3.63) is 65.7 Å². The first-order valence-corrected chi connectivity index (χ1v) is 13.3. The van der Waals surface area contributed by atoms with E-state index in [1.165, 1.54) is 12.1 Å². The second-order valence-corrected chi connectivity index (χ2v) is 10.3. The molecule has 2 rings (SSSR count). The Morgan fingerprint density at radius 3 is 1.80 bits per heavy atom. The Kier molecular flexibility index (Phi) is 12.8. The van der Waals surface area contributed by atoms with Crippen LogP contribution in [-0.2, 0) is 36.8 Å². The van der Waals surface area contributed by atoms with Crippen molar-refractivity contribution in [2.75, 3.05) is 0 Å². The number of carboxylic acid groups (broad SMARTS) is 2. The molecule has 2 aromatic rings. The maximum Gasteiger partial charge on any atom is 0.326 e. The molecule has 0 aromatic heterocycles. The summed E-state index contributed by atoms with van der Waals surface area (Å²) in [7, 11) is 0. The molecule has 4 unspecified atom stereocenters. The summed E-state index contributed by atoms with van der Waals surface area (Å²) in [5.41, 5.74) is 7.23. The number of rotatable bonds is 16. The van der Waals surface area contributed by atoms with Gasteiger partial charge in [0.1, 0.15) is 23.9 Å². The van der Waals surface area contributed by atoms with Crippen LogP contribution in [0.1, 0.15) is 44.2 Å². The third kappa shape index (κ3) is 11.7. The van der Waals surface area contributed by atoms with Gasteiger partial charge in [0.25, 0.3) is 0 Å². The Morgan fingerprint density at radius 2 is 1.24 bits per heavy atom. The SMILES string of the molecule is CC(C)CC(N)C(=O)NC(Cc1ccc(O)cc1)C(=O)NC(CCC(=O)O)C(=O)NC(Cc1ccccc1)C(=O)O. The molecule has 0 saturated heterocycles. The Balaban J connectivity index is 2.25. The molecule has 41 heavy (non-hydrogen) atoms. The first kappa shape index (κ1) is 32.8. The second kappa shape index (κ2) is 16.0. The lowest BCUT2D eigenvalue weighted by Gasteiger charge is -2.25. The third-order valence-corrected chi connectivity index (χ3v) is 6.25. The van der Waals surface area contributed by atoms with E-state index in [4.69, 9.17) is 5.73 Å². The molecule has 222 valence electrons. The number of aliphatic carboxylic acids is 2. The standard InChI is InChI=1S/C29H38N4O8/c1-17(2)14-21(30)26(37)32-23(15-19-8-10-20(34)11-9-19)28(39)31-22(12-13-25(35)36)27(38)33-24(29(40)41)16-18-6-4-3-5-7-18/h3-11,17,21-24,34H,12-16,30H2,1-2H3,(H,31,39)(H,32,37)(H,33,38)(H,35,36)(H,40,41). The third-order valence-electron chi connectivity index (χ3n) is 6.25. The number of amides is 3. The van der Waals surface area contributed by atoms with Gasteiger partial charge in [0.2, 0.25) is 17.7 Å². The first-order valence-electron chi connectivity index (χ1n) is 13.3. The van der Waals surface area contributed by atoms with E-state index < -0.39 is 60.2 Å². The van der Waals surface area contributed by atoms with E-state index in [1.807, 2.05) is 13.8 Å². The van der Waals surface area contributed by atoms with Crippen molar-refractivity contribution in [2.45, 2.75) is 70.1 Å². The number of aromatic hydroxyl groups is 1. The van der Waals surface area contributed by atoms with Gasteiger partial charge in [-0.05, 0) is 42.0 Å². The molecule has 0 aliphatic rings. The van der Waals surface area contributed by atoms with Gasteiger partial charge in [0.15, 0.2) is 0 Å². The van der Waals surface area contributed by atoms with Crippen molar-refractivity contribution in [3.63, 3.8) is 0 Å². The number of nitrogens with one attached hydrogen (secondary N) is 3. The average molecular weight is 571 g/mol. The smallest absolute Gasteiger partial charge is 0.326 e. The number of hydrogen-bond donors (Lipinski definition) is 7. The molecular weight excluding hydrogens is 532 g/mol. The van der Waals surface area contributed by atoms with E-state index >= 15 is 0 Å². The molecule has 2 aromatic carbocycles. The highest BCUT2D eigenvalue weighted by atomic mass is 16.4. The molecule has 0 fully saturated rings. The quantitative estimate of drug-likeness (QED) is 0.153. The summed E-state index contributed by atoms with van der Waals surface area (Å²) in [6, 6.07) is 9.72. The fourth-order valence-electron chi connectivity index (χ4n) is 4.10. The molecule has 12 nitrogen and oxygen atoms in total. The van der Waals surface area contributed by atoms with Crippen LogP contribution >= 0.6 is 0 Å². The summed E-state index contributed by atoms with van der Waals surface area (Å²) >= 11 is 0. The average Bonchev–Trinajstić information content (AvgIpc) is 2.91. The topological polar surface area (TPSA) is 208 Å². The fraction of sp³-hybridized carbons (Fsp3) is 0.414. The predicted octanol–water partition coefficient (Wildman–Crippen LogP) is 0.955. The van der Waals surface area contributed by atoms with Gasteiger partial charge in [-0.25, -0.2) is 4.79 Å². The van der Waals surface area contributed by atoms with E-state index in [0.717, 1.165) is 0 Å². The summed E-state index contributed by atoms with van der Waals surface area (Å²) in [6.07, 6.45) is -0.499. The van der Waals surface area contributed by atoms with Crippen LogP contribution in [0.5, 0.6) is 5.75 Å². The summed E-state index contributed by atoms with van der Waals surface area (Å²) in [5, 5.41) is 35.9. The number of nitrogens with two attached hydrogens (primary N) is 1. The van der Waals surface area contributed by atoms with Crippen molar-refractivity contribution in [1.82, 2.24) is 16.0 Å². The van der Waals surface area contributed by atoms with Crippen molar-refractivity contribution in [1.29, 1.82) is 0 Å². The van der Waals surface area contributed by atoms with Crippen LogP contribution in [0, 0.1) is 5.92 Å². The molecule has 0 heterocycles. The van der Waals surface area contributed by atoms with E-state index in [9.17, 15) is 39.3 Å². The van der Waals surface area contributed by atoms with Crippen LogP contribution in [0.2, 0.25) is 0 Å². The number of hydrogen-bond acceptors (Lipinski definition) is 7. The van der Waals surface area contributed by atoms with Crippen LogP contribution in [0.3, 0.4) is 0 Å². The number of carbonyl (C=O) groups excluding carboxylic acids is 3. The van der Waals surface area contributed by atoms with Gasteiger partial charge < -0.3 is 37.0 Å². The van der Waals surface area contributed by atoms with Gasteiger partial charge in [0, 0.05) is 19.3 Å². The minimum atomic E-state index is -1.40. The molecule has 0 bridgehead atoms. The molecule has 4 atom stereocenters. The van der Waals surface area contributed by atoms with Crippen molar-refractivity contribution in [3.8, 4) is 5.75 Å². The zero-order valence-electron chi connectivity index (χ0n) is 23.1. The lowest BCUT2D eigenvalue weighted by atomic mass is 10.0. The van der Waals surface area contributed by atoms with Gasteiger partial charge in [-0.15, -0.1) is 0 Å². The number of benzene rings is 2. The number of phenols is 1. The Bertz CT molecular complexity index is 1190. The zero-order valence-corrected chi connectivity index (χ0v) is 23.1. The summed E-state index contributed by atoms with van der Waals surface area (Å²) in [5.74, 6) is -4.66. The minimum absolute atomic E-state index is 0.00614. The van der Waals surface area contributed by atoms with Crippen molar-refractivity contribution in [2.24, 2.45) is 11.7 Å². The first-order chi connectivity index (χ1) is 19.3. The molecule has 0 spiro atoms. The van der Waals surface area contributed by atoms with Gasteiger partial charge in [0.05, 0.1) is 6.04 Å². The minimum Gasteiger partial charge on any atom is -0.508 e. The summed E-state index contributed by atoms with van der Waals surface area (Å²) in [4.78, 5) is 62.5. The van der Waals surface area contributed by atoms with E-state index in [0.29, 0.717) is 17.5 Å². The lowest BCUT2D eigenvalue weighted by Crippen LogP contribution is -2.58. The van der Waals surface area contributed by atoms with Crippen LogP contribution in [0.15, 0.2) is 54.6 Å². The number of phenolic OH excluding ortho intramolecular Hbond substituents is 1. The van der Waals surface area contributed by atoms with Crippen LogP contribution in [0.25, 0.3) is 0 Å². The van der Waals surface area contributed by atoms with Crippen molar-refractivity contribution >= 4 is 29.7 Å². The molecule has 3 amide bonds. The summed E-state index contributed by atoms with van der Waals surface area (Å²) < 4.78 is 0.